The maximum atomic E-state index is 11.8. The van der Waals surface area contributed by atoms with Crippen LogP contribution in [0.3, 0.4) is 0 Å². The summed E-state index contributed by atoms with van der Waals surface area (Å²) in [6.07, 6.45) is 3.72. The van der Waals surface area contributed by atoms with Crippen LogP contribution in [0.5, 0.6) is 0 Å². The lowest BCUT2D eigenvalue weighted by molar-refractivity contribution is 0.372. The zero-order valence-electron chi connectivity index (χ0n) is 11.3. The van der Waals surface area contributed by atoms with Crippen molar-refractivity contribution in [3.8, 4) is 0 Å². The minimum Gasteiger partial charge on any atom is -0.317 e. The Bertz CT molecular complexity index is 325. The number of hydrogen-bond acceptors (Lipinski definition) is 3. The van der Waals surface area contributed by atoms with Gasteiger partial charge in [0.25, 0.3) is 0 Å². The number of rotatable bonds is 7. The summed E-state index contributed by atoms with van der Waals surface area (Å²) >= 11 is 0. The molecule has 0 aromatic rings. The van der Waals surface area contributed by atoms with Gasteiger partial charge in [-0.05, 0) is 44.2 Å². The molecule has 1 aliphatic carbocycles. The Balaban J connectivity index is 2.30. The average Bonchev–Trinajstić information content (AvgIpc) is 2.52. The van der Waals surface area contributed by atoms with Gasteiger partial charge in [0.2, 0.25) is 10.0 Å². The average molecular weight is 262 g/mol. The van der Waals surface area contributed by atoms with Crippen LogP contribution in [0.2, 0.25) is 0 Å². The Hall–Kier alpha value is -0.130. The van der Waals surface area contributed by atoms with Crippen molar-refractivity contribution in [2.45, 2.75) is 52.5 Å². The Morgan fingerprint density at radius 2 is 2.06 bits per heavy atom. The summed E-state index contributed by atoms with van der Waals surface area (Å²) in [7, 11) is -3.09. The normalized spacial score (nSPS) is 24.1. The van der Waals surface area contributed by atoms with Crippen LogP contribution in [0, 0.1) is 5.41 Å². The highest BCUT2D eigenvalue weighted by Gasteiger charge is 2.32. The highest BCUT2D eigenvalue weighted by Crippen LogP contribution is 2.37. The quantitative estimate of drug-likeness (QED) is 0.683. The predicted octanol–water partition coefficient (Wildman–Crippen LogP) is 1.48. The summed E-state index contributed by atoms with van der Waals surface area (Å²) in [6, 6.07) is 0.147. The van der Waals surface area contributed by atoms with Crippen molar-refractivity contribution in [2.24, 2.45) is 5.41 Å². The summed E-state index contributed by atoms with van der Waals surface area (Å²) in [4.78, 5) is 0. The molecular formula is C12H26N2O2S. The molecule has 1 fully saturated rings. The van der Waals surface area contributed by atoms with Gasteiger partial charge in [-0.3, -0.25) is 0 Å². The van der Waals surface area contributed by atoms with E-state index in [0.717, 1.165) is 32.4 Å². The second-order valence-electron chi connectivity index (χ2n) is 5.75. The molecule has 102 valence electrons. The van der Waals surface area contributed by atoms with Gasteiger partial charge in [0.15, 0.2) is 0 Å². The molecule has 0 aromatic heterocycles. The fourth-order valence-corrected chi connectivity index (χ4v) is 3.76. The summed E-state index contributed by atoms with van der Waals surface area (Å²) in [5.41, 5.74) is 0.289. The second-order valence-corrected chi connectivity index (χ2v) is 7.62. The first-order valence-electron chi connectivity index (χ1n) is 6.55. The molecule has 0 heterocycles. The molecule has 0 saturated heterocycles. The molecule has 0 spiro atoms. The molecule has 2 N–H and O–H groups in total. The molecule has 0 amide bonds. The Labute approximate surface area is 106 Å². The Morgan fingerprint density at radius 1 is 1.35 bits per heavy atom. The van der Waals surface area contributed by atoms with Gasteiger partial charge in [-0.15, -0.1) is 0 Å². The van der Waals surface area contributed by atoms with E-state index in [1.54, 1.807) is 0 Å². The van der Waals surface area contributed by atoms with Crippen LogP contribution in [-0.2, 0) is 10.0 Å². The van der Waals surface area contributed by atoms with E-state index in [2.05, 4.69) is 23.9 Å². The van der Waals surface area contributed by atoms with E-state index < -0.39 is 10.0 Å². The first kappa shape index (κ1) is 14.9. The third kappa shape index (κ3) is 5.84. The zero-order valence-corrected chi connectivity index (χ0v) is 12.1. The lowest BCUT2D eigenvalue weighted by Crippen LogP contribution is -2.36. The third-order valence-electron chi connectivity index (χ3n) is 3.33. The fourth-order valence-electron chi connectivity index (χ4n) is 2.41. The molecule has 5 heteroatoms. The highest BCUT2D eigenvalue weighted by molar-refractivity contribution is 7.89. The monoisotopic (exact) mass is 262 g/mol. The van der Waals surface area contributed by atoms with Gasteiger partial charge >= 0.3 is 0 Å². The van der Waals surface area contributed by atoms with Crippen LogP contribution in [0.15, 0.2) is 0 Å². The Kier molecular flexibility index (Phi) is 5.41. The topological polar surface area (TPSA) is 58.2 Å². The van der Waals surface area contributed by atoms with Gasteiger partial charge in [-0.2, -0.15) is 0 Å². The van der Waals surface area contributed by atoms with Crippen LogP contribution in [0.25, 0.3) is 0 Å². The molecular weight excluding hydrogens is 236 g/mol. The zero-order chi connectivity index (χ0) is 12.9. The minimum atomic E-state index is -3.09. The molecule has 1 unspecified atom stereocenters. The van der Waals surface area contributed by atoms with Gasteiger partial charge in [-0.1, -0.05) is 20.8 Å². The van der Waals surface area contributed by atoms with Gasteiger partial charge < -0.3 is 5.32 Å². The summed E-state index contributed by atoms with van der Waals surface area (Å²) in [6.45, 7) is 8.09. The number of sulfonamides is 1. The smallest absolute Gasteiger partial charge is 0.211 e. The van der Waals surface area contributed by atoms with Crippen LogP contribution < -0.4 is 10.0 Å². The molecule has 4 nitrogen and oxygen atoms in total. The maximum absolute atomic E-state index is 11.8. The van der Waals surface area contributed by atoms with Crippen molar-refractivity contribution in [2.75, 3.05) is 18.8 Å². The molecule has 0 radical (unpaired) electrons. The van der Waals surface area contributed by atoms with E-state index in [1.807, 2.05) is 6.92 Å². The molecule has 0 aromatic carbocycles. The minimum absolute atomic E-state index is 0.147. The molecule has 0 aliphatic heterocycles. The van der Waals surface area contributed by atoms with Crippen molar-refractivity contribution >= 4 is 10.0 Å². The van der Waals surface area contributed by atoms with Crippen molar-refractivity contribution in [1.29, 1.82) is 0 Å². The van der Waals surface area contributed by atoms with E-state index in [0.29, 0.717) is 6.42 Å². The van der Waals surface area contributed by atoms with Gasteiger partial charge in [-0.25, -0.2) is 13.1 Å². The van der Waals surface area contributed by atoms with Gasteiger partial charge in [0, 0.05) is 6.04 Å². The van der Waals surface area contributed by atoms with E-state index in [4.69, 9.17) is 0 Å². The standard InChI is InChI=1S/C12H26N2O2S/c1-4-13-8-5-9-17(15,16)14-11-6-7-12(2,3)10-11/h11,13-14H,4-10H2,1-3H3. The van der Waals surface area contributed by atoms with Crippen LogP contribution in [0.4, 0.5) is 0 Å². The molecule has 17 heavy (non-hydrogen) atoms. The van der Waals surface area contributed by atoms with Crippen molar-refractivity contribution < 1.29 is 8.42 Å². The third-order valence-corrected chi connectivity index (χ3v) is 4.85. The highest BCUT2D eigenvalue weighted by atomic mass is 32.2. The van der Waals surface area contributed by atoms with E-state index in [9.17, 15) is 8.42 Å². The van der Waals surface area contributed by atoms with Crippen molar-refractivity contribution in [3.05, 3.63) is 0 Å². The van der Waals surface area contributed by atoms with E-state index >= 15 is 0 Å². The fraction of sp³-hybridized carbons (Fsp3) is 1.00. The molecule has 1 rings (SSSR count). The maximum Gasteiger partial charge on any atom is 0.211 e. The molecule has 1 saturated carbocycles. The van der Waals surface area contributed by atoms with E-state index in [-0.39, 0.29) is 17.2 Å². The number of hydrogen-bond donors (Lipinski definition) is 2. The molecule has 0 bridgehead atoms. The molecule has 1 aliphatic rings. The predicted molar refractivity (Wildman–Crippen MR) is 71.5 cm³/mol. The van der Waals surface area contributed by atoms with Crippen LogP contribution in [-0.4, -0.2) is 33.3 Å². The largest absolute Gasteiger partial charge is 0.317 e. The van der Waals surface area contributed by atoms with Crippen LogP contribution >= 0.6 is 0 Å². The lowest BCUT2D eigenvalue weighted by Gasteiger charge is -2.17. The first-order valence-corrected chi connectivity index (χ1v) is 8.20. The summed E-state index contributed by atoms with van der Waals surface area (Å²) < 4.78 is 26.5. The van der Waals surface area contributed by atoms with Crippen molar-refractivity contribution in [1.82, 2.24) is 10.0 Å². The first-order chi connectivity index (χ1) is 7.85. The summed E-state index contributed by atoms with van der Waals surface area (Å²) in [5, 5.41) is 3.14. The van der Waals surface area contributed by atoms with Gasteiger partial charge in [0.1, 0.15) is 0 Å². The number of nitrogens with one attached hydrogen (secondary N) is 2. The lowest BCUT2D eigenvalue weighted by atomic mass is 9.92. The van der Waals surface area contributed by atoms with Gasteiger partial charge in [0.05, 0.1) is 5.75 Å². The summed E-state index contributed by atoms with van der Waals surface area (Å²) in [5.74, 6) is 0.233. The SMILES string of the molecule is CCNCCCS(=O)(=O)NC1CCC(C)(C)C1. The van der Waals surface area contributed by atoms with E-state index in [1.165, 1.54) is 0 Å². The van der Waals surface area contributed by atoms with Crippen LogP contribution in [0.1, 0.15) is 46.5 Å². The molecule has 1 atom stereocenters. The Morgan fingerprint density at radius 3 is 2.59 bits per heavy atom. The van der Waals surface area contributed by atoms with Crippen molar-refractivity contribution in [3.63, 3.8) is 0 Å². The second kappa shape index (κ2) is 6.16.